The summed E-state index contributed by atoms with van der Waals surface area (Å²) in [6, 6.07) is 15.8. The third kappa shape index (κ3) is 3.95. The van der Waals surface area contributed by atoms with Crippen molar-refractivity contribution in [3.8, 4) is 5.69 Å². The van der Waals surface area contributed by atoms with Crippen molar-refractivity contribution in [3.05, 3.63) is 83.2 Å². The molecule has 0 N–H and O–H groups in total. The molecule has 30 heavy (non-hydrogen) atoms. The summed E-state index contributed by atoms with van der Waals surface area (Å²) in [7, 11) is 0. The van der Waals surface area contributed by atoms with Crippen LogP contribution in [0.25, 0.3) is 5.69 Å². The molecule has 0 spiro atoms. The van der Waals surface area contributed by atoms with Gasteiger partial charge in [-0.05, 0) is 24.6 Å². The smallest absolute Gasteiger partial charge is 0.370 e. The van der Waals surface area contributed by atoms with Crippen LogP contribution in [0.15, 0.2) is 60.8 Å². The van der Waals surface area contributed by atoms with Gasteiger partial charge < -0.3 is 9.64 Å². The Morgan fingerprint density at radius 1 is 1.10 bits per heavy atom. The number of aromatic nitrogens is 2. The van der Waals surface area contributed by atoms with Gasteiger partial charge in [-0.15, -0.1) is 0 Å². The number of carbonyl (C=O) groups excluding carboxylic acids is 1. The van der Waals surface area contributed by atoms with Crippen molar-refractivity contribution in [1.82, 2.24) is 14.7 Å². The van der Waals surface area contributed by atoms with E-state index in [0.717, 1.165) is 22.0 Å². The molecule has 4 rings (SSSR count). The Labute approximate surface area is 171 Å². The SMILES string of the molecule is Cc1ccc(-n2ncc(C(=O)N3CCOC(c4ccccc4)C3)c2C(F)(F)F)cc1. The Bertz CT molecular complexity index is 1030. The third-order valence-corrected chi connectivity index (χ3v) is 5.07. The van der Waals surface area contributed by atoms with Crippen molar-refractivity contribution in [2.75, 3.05) is 19.7 Å². The van der Waals surface area contributed by atoms with Crippen LogP contribution in [0.2, 0.25) is 0 Å². The average molecular weight is 415 g/mol. The highest BCUT2D eigenvalue weighted by Crippen LogP contribution is 2.35. The number of halogens is 3. The molecule has 1 aliphatic rings. The number of carbonyl (C=O) groups is 1. The minimum Gasteiger partial charge on any atom is -0.370 e. The first-order valence-corrected chi connectivity index (χ1v) is 9.52. The third-order valence-electron chi connectivity index (χ3n) is 5.07. The summed E-state index contributed by atoms with van der Waals surface area (Å²) in [5.41, 5.74) is 0.504. The van der Waals surface area contributed by atoms with Gasteiger partial charge in [-0.3, -0.25) is 4.79 Å². The summed E-state index contributed by atoms with van der Waals surface area (Å²) in [6.45, 7) is 2.48. The molecule has 0 saturated carbocycles. The van der Waals surface area contributed by atoms with Crippen LogP contribution in [0, 0.1) is 6.92 Å². The quantitative estimate of drug-likeness (QED) is 0.637. The van der Waals surface area contributed by atoms with E-state index in [1.165, 1.54) is 4.90 Å². The standard InChI is InChI=1S/C22H20F3N3O2/c1-15-7-9-17(10-8-15)28-20(22(23,24)25)18(13-26-28)21(29)27-11-12-30-19(14-27)16-5-3-2-4-6-16/h2-10,13,19H,11-12,14H2,1H3. The first-order valence-electron chi connectivity index (χ1n) is 9.52. The van der Waals surface area contributed by atoms with E-state index in [0.29, 0.717) is 0 Å². The molecule has 5 nitrogen and oxygen atoms in total. The predicted octanol–water partition coefficient (Wildman–Crippen LogP) is 4.41. The normalized spacial score (nSPS) is 17.2. The molecule has 1 atom stereocenters. The van der Waals surface area contributed by atoms with E-state index in [9.17, 15) is 18.0 Å². The van der Waals surface area contributed by atoms with Crippen LogP contribution in [-0.4, -0.2) is 40.3 Å². The molecule has 1 aromatic heterocycles. The van der Waals surface area contributed by atoms with Gasteiger partial charge in [0.15, 0.2) is 5.69 Å². The van der Waals surface area contributed by atoms with Crippen molar-refractivity contribution in [1.29, 1.82) is 0 Å². The number of morpholine rings is 1. The number of hydrogen-bond acceptors (Lipinski definition) is 3. The largest absolute Gasteiger partial charge is 0.434 e. The van der Waals surface area contributed by atoms with E-state index in [1.54, 1.807) is 24.3 Å². The number of ether oxygens (including phenoxy) is 1. The van der Waals surface area contributed by atoms with E-state index >= 15 is 0 Å². The Morgan fingerprint density at radius 2 is 1.80 bits per heavy atom. The lowest BCUT2D eigenvalue weighted by Gasteiger charge is -2.33. The lowest BCUT2D eigenvalue weighted by Crippen LogP contribution is -2.42. The minimum atomic E-state index is -4.74. The molecule has 2 aromatic carbocycles. The molecule has 3 aromatic rings. The molecule has 0 aliphatic carbocycles. The number of alkyl halides is 3. The first-order chi connectivity index (χ1) is 14.3. The fraction of sp³-hybridized carbons (Fsp3) is 0.273. The van der Waals surface area contributed by atoms with Crippen LogP contribution in [-0.2, 0) is 10.9 Å². The summed E-state index contributed by atoms with van der Waals surface area (Å²) in [5, 5.41) is 3.89. The van der Waals surface area contributed by atoms with Crippen molar-refractivity contribution >= 4 is 5.91 Å². The molecule has 8 heteroatoms. The Kier molecular flexibility index (Phi) is 5.34. The van der Waals surface area contributed by atoms with Gasteiger partial charge in [-0.25, -0.2) is 4.68 Å². The molecular formula is C22H20F3N3O2. The van der Waals surface area contributed by atoms with Gasteiger partial charge >= 0.3 is 6.18 Å². The number of aryl methyl sites for hydroxylation is 1. The molecule has 0 bridgehead atoms. The van der Waals surface area contributed by atoms with Crippen molar-refractivity contribution < 1.29 is 22.7 Å². The van der Waals surface area contributed by atoms with E-state index in [2.05, 4.69) is 5.10 Å². The summed E-state index contributed by atoms with van der Waals surface area (Å²) >= 11 is 0. The molecule has 1 unspecified atom stereocenters. The zero-order valence-corrected chi connectivity index (χ0v) is 16.3. The fourth-order valence-electron chi connectivity index (χ4n) is 3.53. The molecule has 156 valence electrons. The minimum absolute atomic E-state index is 0.176. The predicted molar refractivity (Wildman–Crippen MR) is 104 cm³/mol. The van der Waals surface area contributed by atoms with Crippen LogP contribution in [0.4, 0.5) is 13.2 Å². The van der Waals surface area contributed by atoms with Crippen molar-refractivity contribution in [2.24, 2.45) is 0 Å². The summed E-state index contributed by atoms with van der Waals surface area (Å²) in [4.78, 5) is 14.5. The number of amides is 1. The lowest BCUT2D eigenvalue weighted by molar-refractivity contribution is -0.143. The van der Waals surface area contributed by atoms with Crippen molar-refractivity contribution in [2.45, 2.75) is 19.2 Å². The summed E-state index contributed by atoms with van der Waals surface area (Å²) in [5.74, 6) is -0.704. The number of benzene rings is 2. The maximum absolute atomic E-state index is 13.9. The molecule has 1 fully saturated rings. The summed E-state index contributed by atoms with van der Waals surface area (Å²) in [6.07, 6.45) is -4.12. The maximum atomic E-state index is 13.9. The lowest BCUT2D eigenvalue weighted by atomic mass is 10.1. The van der Waals surface area contributed by atoms with Crippen LogP contribution < -0.4 is 0 Å². The highest BCUT2D eigenvalue weighted by atomic mass is 19.4. The number of hydrogen-bond donors (Lipinski definition) is 0. The zero-order valence-electron chi connectivity index (χ0n) is 16.3. The van der Waals surface area contributed by atoms with E-state index in [1.807, 2.05) is 37.3 Å². The Hall–Kier alpha value is -3.13. The molecule has 0 radical (unpaired) electrons. The van der Waals surface area contributed by atoms with Crippen LogP contribution in [0.3, 0.4) is 0 Å². The highest BCUT2D eigenvalue weighted by molar-refractivity contribution is 5.95. The fourth-order valence-corrected chi connectivity index (χ4v) is 3.53. The topological polar surface area (TPSA) is 47.4 Å². The second-order valence-corrected chi connectivity index (χ2v) is 7.17. The highest BCUT2D eigenvalue weighted by Gasteiger charge is 2.42. The van der Waals surface area contributed by atoms with Gasteiger partial charge in [0.05, 0.1) is 30.6 Å². The van der Waals surface area contributed by atoms with E-state index in [-0.39, 0.29) is 31.5 Å². The van der Waals surface area contributed by atoms with Gasteiger partial charge in [-0.1, -0.05) is 48.0 Å². The Balaban J connectivity index is 1.66. The van der Waals surface area contributed by atoms with E-state index in [4.69, 9.17) is 4.74 Å². The first kappa shape index (κ1) is 20.2. The molecular weight excluding hydrogens is 395 g/mol. The van der Waals surface area contributed by atoms with E-state index < -0.39 is 23.3 Å². The monoisotopic (exact) mass is 415 g/mol. The average Bonchev–Trinajstić information content (AvgIpc) is 3.20. The van der Waals surface area contributed by atoms with Gasteiger partial charge in [0.1, 0.15) is 6.10 Å². The maximum Gasteiger partial charge on any atom is 0.434 e. The van der Waals surface area contributed by atoms with Gasteiger partial charge in [0.25, 0.3) is 5.91 Å². The number of nitrogens with zero attached hydrogens (tertiary/aromatic N) is 3. The van der Waals surface area contributed by atoms with Crippen LogP contribution >= 0.6 is 0 Å². The van der Waals surface area contributed by atoms with Gasteiger partial charge in [-0.2, -0.15) is 18.3 Å². The van der Waals surface area contributed by atoms with Gasteiger partial charge in [0.2, 0.25) is 0 Å². The van der Waals surface area contributed by atoms with Crippen LogP contribution in [0.1, 0.15) is 33.3 Å². The van der Waals surface area contributed by atoms with Crippen molar-refractivity contribution in [3.63, 3.8) is 0 Å². The number of rotatable bonds is 3. The van der Waals surface area contributed by atoms with Gasteiger partial charge in [0, 0.05) is 6.54 Å². The second-order valence-electron chi connectivity index (χ2n) is 7.17. The molecule has 2 heterocycles. The molecule has 1 aliphatic heterocycles. The zero-order chi connectivity index (χ0) is 21.3. The Morgan fingerprint density at radius 3 is 2.47 bits per heavy atom. The summed E-state index contributed by atoms with van der Waals surface area (Å²) < 4.78 is 48.3. The second kappa shape index (κ2) is 7.95. The van der Waals surface area contributed by atoms with Crippen LogP contribution in [0.5, 0.6) is 0 Å². The molecule has 1 amide bonds. The molecule has 1 saturated heterocycles.